The van der Waals surface area contributed by atoms with Crippen molar-refractivity contribution in [3.05, 3.63) is 78.0 Å². The molecule has 3 aromatic rings. The van der Waals surface area contributed by atoms with Crippen molar-refractivity contribution in [1.29, 1.82) is 0 Å². The molecule has 0 fully saturated rings. The molecule has 0 aliphatic heterocycles. The average Bonchev–Trinajstić information content (AvgIpc) is 3.06. The van der Waals surface area contributed by atoms with Crippen LogP contribution in [0.25, 0.3) is 16.9 Å². The number of hydrogen-bond donors (Lipinski definition) is 0. The SMILES string of the molecule is C=C/C(=C(\N=CC)c1cc(F)cc(F)c1F)c1ccn2nccc2n1. The lowest BCUT2D eigenvalue weighted by molar-refractivity contribution is 0.492. The van der Waals surface area contributed by atoms with Gasteiger partial charge in [0.05, 0.1) is 17.6 Å². The zero-order valence-electron chi connectivity index (χ0n) is 13.2. The summed E-state index contributed by atoms with van der Waals surface area (Å²) in [5, 5.41) is 4.05. The molecule has 7 heteroatoms. The van der Waals surface area contributed by atoms with Crippen molar-refractivity contribution in [3.8, 4) is 0 Å². The van der Waals surface area contributed by atoms with E-state index in [2.05, 4.69) is 21.7 Å². The average molecular weight is 342 g/mol. The number of aromatic nitrogens is 3. The van der Waals surface area contributed by atoms with E-state index in [1.54, 1.807) is 36.0 Å². The van der Waals surface area contributed by atoms with Crippen LogP contribution >= 0.6 is 0 Å². The molecule has 0 radical (unpaired) electrons. The summed E-state index contributed by atoms with van der Waals surface area (Å²) in [7, 11) is 0. The third kappa shape index (κ3) is 3.08. The van der Waals surface area contributed by atoms with Gasteiger partial charge >= 0.3 is 0 Å². The van der Waals surface area contributed by atoms with Crippen LogP contribution in [0.2, 0.25) is 0 Å². The number of aliphatic imine (C=N–C) groups is 1. The maximum absolute atomic E-state index is 14.3. The minimum Gasteiger partial charge on any atom is -0.260 e. The Balaban J connectivity index is 2.30. The highest BCUT2D eigenvalue weighted by atomic mass is 19.2. The van der Waals surface area contributed by atoms with Gasteiger partial charge in [-0.05, 0) is 19.1 Å². The number of benzene rings is 1. The molecule has 2 aromatic heterocycles. The third-order valence-electron chi connectivity index (χ3n) is 3.50. The second-order valence-corrected chi connectivity index (χ2v) is 5.05. The minimum atomic E-state index is -1.29. The van der Waals surface area contributed by atoms with Crippen LogP contribution in [0.1, 0.15) is 18.2 Å². The molecule has 0 aliphatic rings. The maximum Gasteiger partial charge on any atom is 0.168 e. The van der Waals surface area contributed by atoms with Crippen LogP contribution in [0.15, 0.2) is 54.3 Å². The standard InChI is InChI=1S/C18H13F3N4/c1-3-12(15-6-8-25-16(24-15)5-7-23-25)18(22-4-2)13-9-11(19)10-14(20)17(13)21/h3-10H,1H2,2H3/b18-12+,22-4?. The van der Waals surface area contributed by atoms with Crippen LogP contribution in [0, 0.1) is 17.5 Å². The van der Waals surface area contributed by atoms with Crippen LogP contribution in [-0.2, 0) is 0 Å². The smallest absolute Gasteiger partial charge is 0.168 e. The predicted octanol–water partition coefficient (Wildman–Crippen LogP) is 4.29. The maximum atomic E-state index is 14.3. The van der Waals surface area contributed by atoms with Gasteiger partial charge in [-0.25, -0.2) is 22.7 Å². The summed E-state index contributed by atoms with van der Waals surface area (Å²) in [6, 6.07) is 4.70. The van der Waals surface area contributed by atoms with Crippen molar-refractivity contribution < 1.29 is 13.2 Å². The Bertz CT molecular complexity index is 1020. The molecular formula is C18H13F3N4. The van der Waals surface area contributed by atoms with Crippen LogP contribution in [-0.4, -0.2) is 20.8 Å². The first-order chi connectivity index (χ1) is 12.0. The van der Waals surface area contributed by atoms with Gasteiger partial charge in [-0.3, -0.25) is 4.99 Å². The number of rotatable bonds is 4. The van der Waals surface area contributed by atoms with Crippen molar-refractivity contribution in [3.63, 3.8) is 0 Å². The van der Waals surface area contributed by atoms with Crippen molar-refractivity contribution in [2.75, 3.05) is 0 Å². The summed E-state index contributed by atoms with van der Waals surface area (Å²) in [5.74, 6) is -3.38. The van der Waals surface area contributed by atoms with Crippen molar-refractivity contribution >= 4 is 23.1 Å². The fourth-order valence-corrected chi connectivity index (χ4v) is 2.43. The summed E-state index contributed by atoms with van der Waals surface area (Å²) in [6.07, 6.45) is 6.06. The summed E-state index contributed by atoms with van der Waals surface area (Å²) in [6.45, 7) is 5.32. The lowest BCUT2D eigenvalue weighted by Gasteiger charge is -2.11. The first-order valence-corrected chi connectivity index (χ1v) is 7.36. The second kappa shape index (κ2) is 6.72. The van der Waals surface area contributed by atoms with E-state index < -0.39 is 17.5 Å². The van der Waals surface area contributed by atoms with Gasteiger partial charge in [0.25, 0.3) is 0 Å². The van der Waals surface area contributed by atoms with Crippen LogP contribution in [0.3, 0.4) is 0 Å². The molecule has 0 bridgehead atoms. The molecule has 0 spiro atoms. The lowest BCUT2D eigenvalue weighted by Crippen LogP contribution is -2.00. The summed E-state index contributed by atoms with van der Waals surface area (Å²) in [4.78, 5) is 8.50. The summed E-state index contributed by atoms with van der Waals surface area (Å²) in [5.41, 5.74) is 1.05. The zero-order chi connectivity index (χ0) is 18.0. The van der Waals surface area contributed by atoms with E-state index in [0.717, 1.165) is 6.07 Å². The van der Waals surface area contributed by atoms with Crippen LogP contribution < -0.4 is 0 Å². The van der Waals surface area contributed by atoms with E-state index in [9.17, 15) is 13.2 Å². The Morgan fingerprint density at radius 2 is 2.04 bits per heavy atom. The largest absolute Gasteiger partial charge is 0.260 e. The molecule has 0 atom stereocenters. The van der Waals surface area contributed by atoms with Gasteiger partial charge in [0.15, 0.2) is 17.3 Å². The molecule has 0 aliphatic carbocycles. The van der Waals surface area contributed by atoms with Crippen molar-refractivity contribution in [2.24, 2.45) is 4.99 Å². The van der Waals surface area contributed by atoms with E-state index in [1.807, 2.05) is 0 Å². The fraction of sp³-hybridized carbons (Fsp3) is 0.0556. The van der Waals surface area contributed by atoms with E-state index in [-0.39, 0.29) is 11.3 Å². The van der Waals surface area contributed by atoms with Gasteiger partial charge in [0.2, 0.25) is 0 Å². The number of nitrogens with zero attached hydrogens (tertiary/aromatic N) is 4. The molecular weight excluding hydrogens is 329 g/mol. The molecule has 4 nitrogen and oxygen atoms in total. The highest BCUT2D eigenvalue weighted by Crippen LogP contribution is 2.30. The van der Waals surface area contributed by atoms with Crippen molar-refractivity contribution in [2.45, 2.75) is 6.92 Å². The Kier molecular flexibility index (Phi) is 4.47. The van der Waals surface area contributed by atoms with Gasteiger partial charge in [0, 0.05) is 35.7 Å². The lowest BCUT2D eigenvalue weighted by atomic mass is 10.0. The summed E-state index contributed by atoms with van der Waals surface area (Å²) >= 11 is 0. The molecule has 3 rings (SSSR count). The normalized spacial score (nSPS) is 12.6. The minimum absolute atomic E-state index is 0.0322. The number of hydrogen-bond acceptors (Lipinski definition) is 3. The van der Waals surface area contributed by atoms with E-state index in [4.69, 9.17) is 0 Å². The van der Waals surface area contributed by atoms with E-state index >= 15 is 0 Å². The third-order valence-corrected chi connectivity index (χ3v) is 3.50. The molecule has 0 saturated carbocycles. The highest BCUT2D eigenvalue weighted by molar-refractivity contribution is 5.96. The van der Waals surface area contributed by atoms with Gasteiger partial charge in [0.1, 0.15) is 5.82 Å². The Labute approximate surface area is 141 Å². The van der Waals surface area contributed by atoms with E-state index in [0.29, 0.717) is 23.0 Å². The number of halogens is 3. The molecule has 126 valence electrons. The van der Waals surface area contributed by atoms with Crippen LogP contribution in [0.4, 0.5) is 13.2 Å². The molecule has 0 unspecified atom stereocenters. The van der Waals surface area contributed by atoms with Gasteiger partial charge in [-0.1, -0.05) is 12.7 Å². The quantitative estimate of drug-likeness (QED) is 0.403. The number of fused-ring (bicyclic) bond motifs is 1. The van der Waals surface area contributed by atoms with Crippen molar-refractivity contribution in [1.82, 2.24) is 14.6 Å². The highest BCUT2D eigenvalue weighted by Gasteiger charge is 2.18. The number of allylic oxidation sites excluding steroid dienone is 2. The monoisotopic (exact) mass is 342 g/mol. The molecule has 0 N–H and O–H groups in total. The van der Waals surface area contributed by atoms with E-state index in [1.165, 1.54) is 12.3 Å². The van der Waals surface area contributed by atoms with Gasteiger partial charge in [-0.15, -0.1) is 0 Å². The van der Waals surface area contributed by atoms with Gasteiger partial charge < -0.3 is 0 Å². The molecule has 25 heavy (non-hydrogen) atoms. The van der Waals surface area contributed by atoms with Crippen LogP contribution in [0.5, 0.6) is 0 Å². The molecule has 1 aromatic carbocycles. The zero-order valence-corrected chi connectivity index (χ0v) is 13.2. The Morgan fingerprint density at radius 3 is 2.76 bits per heavy atom. The fourth-order valence-electron chi connectivity index (χ4n) is 2.43. The Hall–Kier alpha value is -3.22. The first kappa shape index (κ1) is 16.6. The first-order valence-electron chi connectivity index (χ1n) is 7.36. The summed E-state index contributed by atoms with van der Waals surface area (Å²) < 4.78 is 43.0. The van der Waals surface area contributed by atoms with Gasteiger partial charge in [-0.2, -0.15) is 5.10 Å². The molecule has 0 saturated heterocycles. The second-order valence-electron chi connectivity index (χ2n) is 5.05. The molecule has 0 amide bonds. The molecule has 2 heterocycles. The Morgan fingerprint density at radius 1 is 1.24 bits per heavy atom. The topological polar surface area (TPSA) is 42.5 Å². The predicted molar refractivity (Wildman–Crippen MR) is 90.5 cm³/mol.